The van der Waals surface area contributed by atoms with Gasteiger partial charge in [0.1, 0.15) is 0 Å². The van der Waals surface area contributed by atoms with E-state index < -0.39 is 7.60 Å². The number of aryl methyl sites for hydroxylation is 1. The van der Waals surface area contributed by atoms with E-state index in [2.05, 4.69) is 5.32 Å². The maximum atomic E-state index is 12.7. The van der Waals surface area contributed by atoms with Gasteiger partial charge in [0.15, 0.2) is 0 Å². The third-order valence-electron chi connectivity index (χ3n) is 2.32. The van der Waals surface area contributed by atoms with Crippen LogP contribution >= 0.6 is 7.60 Å². The van der Waals surface area contributed by atoms with E-state index in [0.29, 0.717) is 18.5 Å². The highest BCUT2D eigenvalue weighted by molar-refractivity contribution is 7.62. The Labute approximate surface area is 103 Å². The van der Waals surface area contributed by atoms with Crippen molar-refractivity contribution in [3.63, 3.8) is 0 Å². The van der Waals surface area contributed by atoms with Gasteiger partial charge in [0, 0.05) is 12.7 Å². The number of rotatable bonds is 6. The molecule has 0 aliphatic heterocycles. The first-order chi connectivity index (χ1) is 8.07. The fraction of sp³-hybridized carbons (Fsp3) is 0.500. The summed E-state index contributed by atoms with van der Waals surface area (Å²) >= 11 is 0. The molecule has 0 amide bonds. The topological polar surface area (TPSA) is 47.6 Å². The van der Waals surface area contributed by atoms with E-state index in [-0.39, 0.29) is 0 Å². The summed E-state index contributed by atoms with van der Waals surface area (Å²) in [6, 6.07) is 5.69. The second kappa shape index (κ2) is 6.20. The first-order valence-corrected chi connectivity index (χ1v) is 7.29. The van der Waals surface area contributed by atoms with Crippen LogP contribution in [-0.2, 0) is 13.6 Å². The van der Waals surface area contributed by atoms with Crippen molar-refractivity contribution in [1.82, 2.24) is 0 Å². The third kappa shape index (κ3) is 3.32. The zero-order valence-corrected chi connectivity index (χ0v) is 11.7. The van der Waals surface area contributed by atoms with E-state index in [1.165, 1.54) is 0 Å². The van der Waals surface area contributed by atoms with Crippen LogP contribution in [0.1, 0.15) is 19.4 Å². The molecule has 1 aromatic rings. The minimum atomic E-state index is -3.22. The Morgan fingerprint density at radius 1 is 1.24 bits per heavy atom. The highest BCUT2D eigenvalue weighted by Gasteiger charge is 2.29. The lowest BCUT2D eigenvalue weighted by molar-refractivity contribution is 0.230. The van der Waals surface area contributed by atoms with Crippen LogP contribution in [0.3, 0.4) is 0 Å². The lowest BCUT2D eigenvalue weighted by atomic mass is 10.2. The van der Waals surface area contributed by atoms with Gasteiger partial charge in [-0.1, -0.05) is 11.6 Å². The first-order valence-electron chi connectivity index (χ1n) is 5.75. The molecule has 1 rings (SSSR count). The van der Waals surface area contributed by atoms with Crippen molar-refractivity contribution in [2.75, 3.05) is 25.6 Å². The van der Waals surface area contributed by atoms with E-state index in [9.17, 15) is 4.57 Å². The summed E-state index contributed by atoms with van der Waals surface area (Å²) in [4.78, 5) is 0. The van der Waals surface area contributed by atoms with Gasteiger partial charge in [-0.15, -0.1) is 0 Å². The first kappa shape index (κ1) is 14.2. The molecule has 0 saturated carbocycles. The largest absolute Gasteiger partial charge is 0.387 e. The van der Waals surface area contributed by atoms with Crippen LogP contribution in [0, 0.1) is 6.92 Å². The summed E-state index contributed by atoms with van der Waals surface area (Å²) in [7, 11) is -1.43. The maximum Gasteiger partial charge on any atom is 0.363 e. The van der Waals surface area contributed by atoms with Gasteiger partial charge < -0.3 is 14.4 Å². The number of hydrogen-bond donors (Lipinski definition) is 1. The standard InChI is InChI=1S/C12H20NO3P/c1-5-15-17(14,16-6-2)12-9-10(3)7-8-11(12)13-4/h7-9,13H,5-6H2,1-4H3. The molecule has 96 valence electrons. The van der Waals surface area contributed by atoms with Crippen LogP contribution in [0.2, 0.25) is 0 Å². The Hall–Kier alpha value is -0.830. The fourth-order valence-electron chi connectivity index (χ4n) is 1.60. The molecule has 0 atom stereocenters. The Balaban J connectivity index is 3.25. The number of nitrogens with one attached hydrogen (secondary N) is 1. The van der Waals surface area contributed by atoms with Crippen molar-refractivity contribution in [1.29, 1.82) is 0 Å². The molecule has 1 N–H and O–H groups in total. The van der Waals surface area contributed by atoms with Gasteiger partial charge in [-0.2, -0.15) is 0 Å². The molecule has 0 aliphatic carbocycles. The van der Waals surface area contributed by atoms with E-state index in [4.69, 9.17) is 9.05 Å². The summed E-state index contributed by atoms with van der Waals surface area (Å²) in [6.07, 6.45) is 0. The molecule has 0 aromatic heterocycles. The third-order valence-corrected chi connectivity index (χ3v) is 4.47. The zero-order chi connectivity index (χ0) is 12.9. The Bertz CT molecular complexity index is 410. The average molecular weight is 257 g/mol. The second-order valence-electron chi connectivity index (χ2n) is 3.60. The van der Waals surface area contributed by atoms with Crippen LogP contribution in [0.15, 0.2) is 18.2 Å². The van der Waals surface area contributed by atoms with Crippen LogP contribution in [0.5, 0.6) is 0 Å². The molecule has 0 radical (unpaired) electrons. The number of benzene rings is 1. The molecule has 4 nitrogen and oxygen atoms in total. The fourth-order valence-corrected chi connectivity index (χ4v) is 3.47. The van der Waals surface area contributed by atoms with Crippen LogP contribution in [-0.4, -0.2) is 20.3 Å². The van der Waals surface area contributed by atoms with Crippen molar-refractivity contribution in [2.24, 2.45) is 0 Å². The van der Waals surface area contributed by atoms with Crippen LogP contribution in [0.4, 0.5) is 5.69 Å². The van der Waals surface area contributed by atoms with Crippen molar-refractivity contribution >= 4 is 18.6 Å². The smallest absolute Gasteiger partial charge is 0.363 e. The van der Waals surface area contributed by atoms with Crippen molar-refractivity contribution in [3.8, 4) is 0 Å². The number of hydrogen-bond acceptors (Lipinski definition) is 4. The minimum absolute atomic E-state index is 0.356. The molecule has 5 heteroatoms. The summed E-state index contributed by atoms with van der Waals surface area (Å²) in [5.74, 6) is 0. The van der Waals surface area contributed by atoms with Crippen molar-refractivity contribution in [2.45, 2.75) is 20.8 Å². The molecular formula is C12H20NO3P. The lowest BCUT2D eigenvalue weighted by Crippen LogP contribution is -2.15. The molecule has 0 aliphatic rings. The summed E-state index contributed by atoms with van der Waals surface area (Å²) in [6.45, 7) is 6.27. The van der Waals surface area contributed by atoms with Gasteiger partial charge >= 0.3 is 7.60 Å². The van der Waals surface area contributed by atoms with Crippen molar-refractivity contribution < 1.29 is 13.6 Å². The van der Waals surface area contributed by atoms with E-state index in [1.54, 1.807) is 20.9 Å². The van der Waals surface area contributed by atoms with E-state index in [0.717, 1.165) is 11.3 Å². The van der Waals surface area contributed by atoms with Crippen molar-refractivity contribution in [3.05, 3.63) is 23.8 Å². The molecule has 0 fully saturated rings. The quantitative estimate of drug-likeness (QED) is 0.796. The van der Waals surface area contributed by atoms with Gasteiger partial charge in [-0.3, -0.25) is 4.57 Å². The summed E-state index contributed by atoms with van der Waals surface area (Å²) < 4.78 is 23.4. The van der Waals surface area contributed by atoms with E-state index >= 15 is 0 Å². The lowest BCUT2D eigenvalue weighted by Gasteiger charge is -2.20. The molecule has 17 heavy (non-hydrogen) atoms. The maximum absolute atomic E-state index is 12.7. The summed E-state index contributed by atoms with van der Waals surface area (Å²) in [5, 5.41) is 3.61. The van der Waals surface area contributed by atoms with Gasteiger partial charge in [-0.05, 0) is 32.9 Å². The predicted octanol–water partition coefficient (Wildman–Crippen LogP) is 2.93. The average Bonchev–Trinajstić information content (AvgIpc) is 2.29. The molecule has 0 heterocycles. The summed E-state index contributed by atoms with van der Waals surface area (Å²) in [5.41, 5.74) is 1.81. The van der Waals surface area contributed by atoms with Gasteiger partial charge in [0.25, 0.3) is 0 Å². The van der Waals surface area contributed by atoms with E-state index in [1.807, 2.05) is 25.1 Å². The predicted molar refractivity (Wildman–Crippen MR) is 71.2 cm³/mol. The number of anilines is 1. The van der Waals surface area contributed by atoms with Crippen LogP contribution < -0.4 is 10.6 Å². The van der Waals surface area contributed by atoms with Gasteiger partial charge in [-0.25, -0.2) is 0 Å². The molecule has 1 aromatic carbocycles. The zero-order valence-electron chi connectivity index (χ0n) is 10.8. The molecule has 0 unspecified atom stereocenters. The Morgan fingerprint density at radius 3 is 2.29 bits per heavy atom. The Morgan fingerprint density at radius 2 is 1.82 bits per heavy atom. The minimum Gasteiger partial charge on any atom is -0.387 e. The SMILES string of the molecule is CCOP(=O)(OCC)c1cc(C)ccc1NC. The van der Waals surface area contributed by atoms with Gasteiger partial charge in [0.05, 0.1) is 18.5 Å². The highest BCUT2D eigenvalue weighted by atomic mass is 31.2. The van der Waals surface area contributed by atoms with Gasteiger partial charge in [0.2, 0.25) is 0 Å². The normalized spacial score (nSPS) is 11.5. The highest BCUT2D eigenvalue weighted by Crippen LogP contribution is 2.48. The second-order valence-corrected chi connectivity index (χ2v) is 5.60. The monoisotopic (exact) mass is 257 g/mol. The molecule has 0 bridgehead atoms. The molecule has 0 saturated heterocycles. The van der Waals surface area contributed by atoms with Crippen LogP contribution in [0.25, 0.3) is 0 Å². The Kier molecular flexibility index (Phi) is 5.19. The molecular weight excluding hydrogens is 237 g/mol. The molecule has 0 spiro atoms.